The summed E-state index contributed by atoms with van der Waals surface area (Å²) in [6, 6.07) is 8.19. The van der Waals surface area contributed by atoms with Gasteiger partial charge in [-0.25, -0.2) is 0 Å². The van der Waals surface area contributed by atoms with Crippen LogP contribution in [0.2, 0.25) is 0 Å². The first kappa shape index (κ1) is 9.71. The van der Waals surface area contributed by atoms with E-state index in [9.17, 15) is 0 Å². The standard InChI is InChI=1S/C13H15BrO/c14-11-3-5-12(6-4-11)15-13-8-9-1-2-10(13)7-9/h3-6,9-10,13H,1-2,7-8H2. The topological polar surface area (TPSA) is 9.23 Å². The van der Waals surface area contributed by atoms with Crippen molar-refractivity contribution < 1.29 is 4.74 Å². The summed E-state index contributed by atoms with van der Waals surface area (Å²) in [6.07, 6.45) is 5.99. The van der Waals surface area contributed by atoms with Crippen molar-refractivity contribution in [3.05, 3.63) is 28.7 Å². The molecule has 15 heavy (non-hydrogen) atoms. The minimum atomic E-state index is 0.491. The molecule has 3 atom stereocenters. The average Bonchev–Trinajstić information content (AvgIpc) is 2.83. The van der Waals surface area contributed by atoms with Crippen LogP contribution < -0.4 is 4.74 Å². The number of benzene rings is 1. The van der Waals surface area contributed by atoms with Gasteiger partial charge in [0.2, 0.25) is 0 Å². The Morgan fingerprint density at radius 1 is 1.07 bits per heavy atom. The molecule has 0 aliphatic heterocycles. The monoisotopic (exact) mass is 266 g/mol. The zero-order chi connectivity index (χ0) is 10.3. The third-order valence-corrected chi connectivity index (χ3v) is 4.30. The quantitative estimate of drug-likeness (QED) is 0.786. The van der Waals surface area contributed by atoms with Crippen molar-refractivity contribution in [2.24, 2.45) is 11.8 Å². The van der Waals surface area contributed by atoms with Crippen LogP contribution in [0.5, 0.6) is 5.75 Å². The summed E-state index contributed by atoms with van der Waals surface area (Å²) in [5, 5.41) is 0. The summed E-state index contributed by atoms with van der Waals surface area (Å²) in [4.78, 5) is 0. The van der Waals surface area contributed by atoms with E-state index in [0.717, 1.165) is 22.1 Å². The summed E-state index contributed by atoms with van der Waals surface area (Å²) >= 11 is 3.44. The molecule has 2 bridgehead atoms. The first-order valence-electron chi connectivity index (χ1n) is 5.73. The third kappa shape index (κ3) is 1.92. The average molecular weight is 267 g/mol. The molecule has 0 radical (unpaired) electrons. The predicted molar refractivity (Wildman–Crippen MR) is 64.0 cm³/mol. The van der Waals surface area contributed by atoms with Gasteiger partial charge in [0, 0.05) is 4.47 Å². The Morgan fingerprint density at radius 3 is 2.47 bits per heavy atom. The van der Waals surface area contributed by atoms with Crippen LogP contribution in [0.15, 0.2) is 28.7 Å². The highest BCUT2D eigenvalue weighted by atomic mass is 79.9. The zero-order valence-electron chi connectivity index (χ0n) is 8.66. The summed E-state index contributed by atoms with van der Waals surface area (Å²) in [5.74, 6) is 2.81. The molecule has 2 aliphatic rings. The largest absolute Gasteiger partial charge is 0.490 e. The predicted octanol–water partition coefficient (Wildman–Crippen LogP) is 4.02. The first-order valence-corrected chi connectivity index (χ1v) is 6.53. The van der Waals surface area contributed by atoms with Crippen molar-refractivity contribution >= 4 is 15.9 Å². The first-order chi connectivity index (χ1) is 7.31. The van der Waals surface area contributed by atoms with Crippen LogP contribution in [0, 0.1) is 11.8 Å². The van der Waals surface area contributed by atoms with Gasteiger partial charge in [-0.15, -0.1) is 0 Å². The van der Waals surface area contributed by atoms with E-state index in [1.54, 1.807) is 0 Å². The van der Waals surface area contributed by atoms with E-state index in [-0.39, 0.29) is 0 Å². The summed E-state index contributed by atoms with van der Waals surface area (Å²) in [6.45, 7) is 0. The number of hydrogen-bond donors (Lipinski definition) is 0. The molecule has 3 unspecified atom stereocenters. The molecule has 0 heterocycles. The van der Waals surface area contributed by atoms with E-state index in [4.69, 9.17) is 4.74 Å². The van der Waals surface area contributed by atoms with Gasteiger partial charge in [-0.1, -0.05) is 15.9 Å². The van der Waals surface area contributed by atoms with Crippen LogP contribution in [0.25, 0.3) is 0 Å². The lowest BCUT2D eigenvalue weighted by atomic mass is 9.98. The van der Waals surface area contributed by atoms with Crippen molar-refractivity contribution in [1.82, 2.24) is 0 Å². The Bertz CT molecular complexity index is 346. The van der Waals surface area contributed by atoms with Crippen LogP contribution in [-0.2, 0) is 0 Å². The molecule has 1 nitrogen and oxygen atoms in total. The molecule has 0 N–H and O–H groups in total. The number of fused-ring (bicyclic) bond motifs is 2. The van der Waals surface area contributed by atoms with E-state index in [1.807, 2.05) is 12.1 Å². The van der Waals surface area contributed by atoms with E-state index in [2.05, 4.69) is 28.1 Å². The maximum Gasteiger partial charge on any atom is 0.119 e. The molecular weight excluding hydrogens is 252 g/mol. The molecule has 2 saturated carbocycles. The van der Waals surface area contributed by atoms with E-state index in [0.29, 0.717) is 6.10 Å². The van der Waals surface area contributed by atoms with Gasteiger partial charge >= 0.3 is 0 Å². The van der Waals surface area contributed by atoms with Crippen LogP contribution in [0.4, 0.5) is 0 Å². The molecule has 0 amide bonds. The second-order valence-electron chi connectivity index (χ2n) is 4.79. The lowest BCUT2D eigenvalue weighted by Crippen LogP contribution is -2.23. The lowest BCUT2D eigenvalue weighted by molar-refractivity contribution is 0.138. The van der Waals surface area contributed by atoms with Crippen molar-refractivity contribution in [2.75, 3.05) is 0 Å². The molecule has 2 fully saturated rings. The number of halogens is 1. The van der Waals surface area contributed by atoms with E-state index < -0.39 is 0 Å². The minimum Gasteiger partial charge on any atom is -0.490 e. The van der Waals surface area contributed by atoms with Crippen molar-refractivity contribution in [3.63, 3.8) is 0 Å². The summed E-state index contributed by atoms with van der Waals surface area (Å²) in [5.41, 5.74) is 0. The van der Waals surface area contributed by atoms with Crippen LogP contribution in [-0.4, -0.2) is 6.10 Å². The Hall–Kier alpha value is -0.500. The molecule has 80 valence electrons. The van der Waals surface area contributed by atoms with E-state index >= 15 is 0 Å². The molecule has 0 aromatic heterocycles. The van der Waals surface area contributed by atoms with Gasteiger partial charge in [-0.3, -0.25) is 0 Å². The van der Waals surface area contributed by atoms with Gasteiger partial charge in [0.1, 0.15) is 11.9 Å². The maximum absolute atomic E-state index is 6.04. The van der Waals surface area contributed by atoms with Crippen molar-refractivity contribution in [2.45, 2.75) is 31.8 Å². The second kappa shape index (κ2) is 3.82. The molecule has 0 spiro atoms. The second-order valence-corrected chi connectivity index (χ2v) is 5.70. The Kier molecular flexibility index (Phi) is 2.47. The number of hydrogen-bond acceptors (Lipinski definition) is 1. The molecule has 1 aromatic rings. The molecule has 0 saturated heterocycles. The maximum atomic E-state index is 6.04. The highest BCUT2D eigenvalue weighted by Crippen LogP contribution is 2.45. The van der Waals surface area contributed by atoms with Crippen molar-refractivity contribution in [3.8, 4) is 5.75 Å². The molecule has 2 heteroatoms. The zero-order valence-corrected chi connectivity index (χ0v) is 10.2. The van der Waals surface area contributed by atoms with Gasteiger partial charge in [0.15, 0.2) is 0 Å². The number of ether oxygens (including phenoxy) is 1. The Labute approximate surface area is 99.0 Å². The Balaban J connectivity index is 1.68. The number of rotatable bonds is 2. The highest BCUT2D eigenvalue weighted by molar-refractivity contribution is 9.10. The normalized spacial score (nSPS) is 33.3. The van der Waals surface area contributed by atoms with Crippen LogP contribution in [0.1, 0.15) is 25.7 Å². The van der Waals surface area contributed by atoms with E-state index in [1.165, 1.54) is 25.7 Å². The third-order valence-electron chi connectivity index (χ3n) is 3.77. The summed E-state index contributed by atoms with van der Waals surface area (Å²) in [7, 11) is 0. The van der Waals surface area contributed by atoms with Gasteiger partial charge in [-0.05, 0) is 61.8 Å². The van der Waals surface area contributed by atoms with Gasteiger partial charge in [0.25, 0.3) is 0 Å². The molecule has 1 aromatic carbocycles. The lowest BCUT2D eigenvalue weighted by Gasteiger charge is -2.23. The minimum absolute atomic E-state index is 0.491. The molecular formula is C13H15BrO. The fraction of sp³-hybridized carbons (Fsp3) is 0.538. The SMILES string of the molecule is Brc1ccc(OC2CC3CCC2C3)cc1. The smallest absolute Gasteiger partial charge is 0.119 e. The van der Waals surface area contributed by atoms with Crippen LogP contribution in [0.3, 0.4) is 0 Å². The van der Waals surface area contributed by atoms with Crippen molar-refractivity contribution in [1.29, 1.82) is 0 Å². The van der Waals surface area contributed by atoms with Gasteiger partial charge in [-0.2, -0.15) is 0 Å². The van der Waals surface area contributed by atoms with Gasteiger partial charge < -0.3 is 4.74 Å². The molecule has 3 rings (SSSR count). The fourth-order valence-electron chi connectivity index (χ4n) is 3.02. The summed E-state index contributed by atoms with van der Waals surface area (Å²) < 4.78 is 7.16. The fourth-order valence-corrected chi connectivity index (χ4v) is 3.28. The van der Waals surface area contributed by atoms with Gasteiger partial charge in [0.05, 0.1) is 0 Å². The highest BCUT2D eigenvalue weighted by Gasteiger charge is 2.40. The Morgan fingerprint density at radius 2 is 1.87 bits per heavy atom. The van der Waals surface area contributed by atoms with Crippen LogP contribution >= 0.6 is 15.9 Å². The molecule has 2 aliphatic carbocycles.